The molecule has 2 amide bonds. The normalized spacial score (nSPS) is 9.07. The standard InChI is InChI=1S/C8H8N4O2S/c1-5-4-15-8(11-5)12-7(14)6(13)10-3-2-9/h4H,3H2,1H3,(H,10,13)(H,11,12,14). The number of thiazole rings is 1. The highest BCUT2D eigenvalue weighted by atomic mass is 32.1. The quantitative estimate of drug-likeness (QED) is 0.547. The summed E-state index contributed by atoms with van der Waals surface area (Å²) in [4.78, 5) is 26.1. The summed E-state index contributed by atoms with van der Waals surface area (Å²) >= 11 is 1.23. The minimum absolute atomic E-state index is 0.191. The molecular weight excluding hydrogens is 216 g/mol. The molecule has 0 fully saturated rings. The van der Waals surface area contributed by atoms with Crippen LogP contribution in [0.1, 0.15) is 5.69 Å². The molecule has 0 aliphatic carbocycles. The van der Waals surface area contributed by atoms with E-state index < -0.39 is 11.8 Å². The van der Waals surface area contributed by atoms with Crippen molar-refractivity contribution in [1.29, 1.82) is 5.26 Å². The molecule has 0 unspecified atom stereocenters. The summed E-state index contributed by atoms with van der Waals surface area (Å²) in [5, 5.41) is 14.7. The number of nitrogens with one attached hydrogen (secondary N) is 2. The molecule has 0 aromatic carbocycles. The third kappa shape index (κ3) is 3.36. The van der Waals surface area contributed by atoms with Crippen LogP contribution < -0.4 is 10.6 Å². The van der Waals surface area contributed by atoms with Crippen molar-refractivity contribution in [3.63, 3.8) is 0 Å². The number of rotatable bonds is 2. The Kier molecular flexibility index (Phi) is 3.76. The Morgan fingerprint density at radius 1 is 1.60 bits per heavy atom. The van der Waals surface area contributed by atoms with Gasteiger partial charge in [-0.25, -0.2) is 4.98 Å². The van der Waals surface area contributed by atoms with E-state index >= 15 is 0 Å². The van der Waals surface area contributed by atoms with Gasteiger partial charge in [-0.2, -0.15) is 5.26 Å². The molecule has 0 aliphatic heterocycles. The van der Waals surface area contributed by atoms with Gasteiger partial charge >= 0.3 is 11.8 Å². The van der Waals surface area contributed by atoms with E-state index in [1.165, 1.54) is 11.3 Å². The van der Waals surface area contributed by atoms with Gasteiger partial charge in [-0.05, 0) is 6.92 Å². The molecule has 78 valence electrons. The van der Waals surface area contributed by atoms with Crippen LogP contribution in [0.25, 0.3) is 0 Å². The first kappa shape index (κ1) is 11.1. The molecule has 0 saturated heterocycles. The molecule has 0 aliphatic rings. The molecule has 0 radical (unpaired) electrons. The summed E-state index contributed by atoms with van der Waals surface area (Å²) in [7, 11) is 0. The molecule has 1 heterocycles. The highest BCUT2D eigenvalue weighted by Crippen LogP contribution is 2.13. The summed E-state index contributed by atoms with van der Waals surface area (Å²) in [5.41, 5.74) is 0.771. The maximum atomic E-state index is 11.2. The van der Waals surface area contributed by atoms with Gasteiger partial charge in [0.25, 0.3) is 0 Å². The number of carbonyl (C=O) groups excluding carboxylic acids is 2. The summed E-state index contributed by atoms with van der Waals surface area (Å²) in [5.74, 6) is -1.66. The van der Waals surface area contributed by atoms with Gasteiger partial charge in [0.1, 0.15) is 6.54 Å². The Hall–Kier alpha value is -1.94. The van der Waals surface area contributed by atoms with Gasteiger partial charge < -0.3 is 5.32 Å². The van der Waals surface area contributed by atoms with Crippen molar-refractivity contribution in [2.24, 2.45) is 0 Å². The molecule has 1 aromatic heterocycles. The number of amides is 2. The van der Waals surface area contributed by atoms with E-state index in [1.54, 1.807) is 18.4 Å². The van der Waals surface area contributed by atoms with Gasteiger partial charge in [-0.3, -0.25) is 14.9 Å². The molecule has 1 rings (SSSR count). The molecule has 0 bridgehead atoms. The fourth-order valence-electron chi connectivity index (χ4n) is 0.765. The number of anilines is 1. The number of nitrogens with zero attached hydrogens (tertiary/aromatic N) is 2. The second-order valence-electron chi connectivity index (χ2n) is 2.59. The van der Waals surface area contributed by atoms with Crippen molar-refractivity contribution in [1.82, 2.24) is 10.3 Å². The molecule has 1 aromatic rings. The van der Waals surface area contributed by atoms with Gasteiger partial charge in [0.2, 0.25) is 0 Å². The minimum Gasteiger partial charge on any atom is -0.335 e. The minimum atomic E-state index is -0.843. The Morgan fingerprint density at radius 2 is 2.33 bits per heavy atom. The van der Waals surface area contributed by atoms with Gasteiger partial charge in [0.05, 0.1) is 11.8 Å². The third-order valence-corrected chi connectivity index (χ3v) is 2.25. The van der Waals surface area contributed by atoms with Crippen LogP contribution in [0.15, 0.2) is 5.38 Å². The Labute approximate surface area is 89.9 Å². The van der Waals surface area contributed by atoms with Gasteiger partial charge in [-0.15, -0.1) is 11.3 Å². The lowest BCUT2D eigenvalue weighted by Crippen LogP contribution is -2.35. The van der Waals surface area contributed by atoms with Crippen LogP contribution >= 0.6 is 11.3 Å². The van der Waals surface area contributed by atoms with Gasteiger partial charge in [0.15, 0.2) is 5.13 Å². The lowest BCUT2D eigenvalue weighted by atomic mass is 10.5. The molecule has 15 heavy (non-hydrogen) atoms. The Bertz CT molecular complexity index is 421. The topological polar surface area (TPSA) is 94.9 Å². The lowest BCUT2D eigenvalue weighted by molar-refractivity contribution is -0.136. The van der Waals surface area contributed by atoms with Crippen molar-refractivity contribution >= 4 is 28.3 Å². The highest BCUT2D eigenvalue weighted by molar-refractivity contribution is 7.14. The molecule has 0 saturated carbocycles. The van der Waals surface area contributed by atoms with E-state index in [2.05, 4.69) is 15.6 Å². The largest absolute Gasteiger partial charge is 0.335 e. The molecule has 6 nitrogen and oxygen atoms in total. The predicted molar refractivity (Wildman–Crippen MR) is 54.1 cm³/mol. The van der Waals surface area contributed by atoms with Crippen molar-refractivity contribution in [2.45, 2.75) is 6.92 Å². The third-order valence-electron chi connectivity index (χ3n) is 1.37. The Balaban J connectivity index is 2.49. The average molecular weight is 224 g/mol. The highest BCUT2D eigenvalue weighted by Gasteiger charge is 2.13. The van der Waals surface area contributed by atoms with E-state index in [9.17, 15) is 9.59 Å². The SMILES string of the molecule is Cc1csc(NC(=O)C(=O)NCC#N)n1. The van der Waals surface area contributed by atoms with Gasteiger partial charge in [-0.1, -0.05) is 0 Å². The van der Waals surface area contributed by atoms with Crippen LogP contribution in [-0.2, 0) is 9.59 Å². The van der Waals surface area contributed by atoms with Crippen molar-refractivity contribution < 1.29 is 9.59 Å². The summed E-state index contributed by atoms with van der Waals surface area (Å²) in [6, 6.07) is 1.70. The van der Waals surface area contributed by atoms with E-state index in [0.29, 0.717) is 5.13 Å². The van der Waals surface area contributed by atoms with Crippen molar-refractivity contribution in [2.75, 3.05) is 11.9 Å². The predicted octanol–water partition coefficient (Wildman–Crippen LogP) is 0.0298. The molecule has 7 heteroatoms. The summed E-state index contributed by atoms with van der Waals surface area (Å²) in [6.45, 7) is 1.59. The van der Waals surface area contributed by atoms with Crippen LogP contribution in [-0.4, -0.2) is 23.3 Å². The van der Waals surface area contributed by atoms with Gasteiger partial charge in [0, 0.05) is 5.38 Å². The first-order valence-electron chi connectivity index (χ1n) is 4.01. The van der Waals surface area contributed by atoms with E-state index in [4.69, 9.17) is 5.26 Å². The number of hydrogen-bond donors (Lipinski definition) is 2. The van der Waals surface area contributed by atoms with E-state index in [-0.39, 0.29) is 6.54 Å². The van der Waals surface area contributed by atoms with E-state index in [0.717, 1.165) is 5.69 Å². The zero-order valence-electron chi connectivity index (χ0n) is 7.90. The molecule has 2 N–H and O–H groups in total. The maximum absolute atomic E-state index is 11.2. The second-order valence-corrected chi connectivity index (χ2v) is 3.45. The number of carbonyl (C=O) groups is 2. The van der Waals surface area contributed by atoms with Crippen LogP contribution in [0.5, 0.6) is 0 Å². The number of aryl methyl sites for hydroxylation is 1. The van der Waals surface area contributed by atoms with Crippen LogP contribution in [0.4, 0.5) is 5.13 Å². The monoisotopic (exact) mass is 224 g/mol. The second kappa shape index (κ2) is 5.07. The van der Waals surface area contributed by atoms with Crippen LogP contribution in [0, 0.1) is 18.3 Å². The Morgan fingerprint density at radius 3 is 2.87 bits per heavy atom. The van der Waals surface area contributed by atoms with Crippen molar-refractivity contribution in [3.8, 4) is 6.07 Å². The fourth-order valence-corrected chi connectivity index (χ4v) is 1.45. The van der Waals surface area contributed by atoms with Crippen molar-refractivity contribution in [3.05, 3.63) is 11.1 Å². The molecule has 0 spiro atoms. The zero-order chi connectivity index (χ0) is 11.3. The number of hydrogen-bond acceptors (Lipinski definition) is 5. The number of aromatic nitrogens is 1. The van der Waals surface area contributed by atoms with E-state index in [1.807, 2.05) is 0 Å². The zero-order valence-corrected chi connectivity index (χ0v) is 8.72. The van der Waals surface area contributed by atoms with Crippen LogP contribution in [0.2, 0.25) is 0 Å². The fraction of sp³-hybridized carbons (Fsp3) is 0.250. The molecular formula is C8H8N4O2S. The summed E-state index contributed by atoms with van der Waals surface area (Å²) in [6.07, 6.45) is 0. The maximum Gasteiger partial charge on any atom is 0.315 e. The first-order chi connectivity index (χ1) is 7.13. The lowest BCUT2D eigenvalue weighted by Gasteiger charge is -1.99. The summed E-state index contributed by atoms with van der Waals surface area (Å²) < 4.78 is 0. The van der Waals surface area contributed by atoms with Crippen LogP contribution in [0.3, 0.4) is 0 Å². The molecule has 0 atom stereocenters. The first-order valence-corrected chi connectivity index (χ1v) is 4.89. The average Bonchev–Trinajstić information content (AvgIpc) is 2.60. The smallest absolute Gasteiger partial charge is 0.315 e. The number of nitriles is 1.